The van der Waals surface area contributed by atoms with Crippen molar-refractivity contribution in [2.75, 3.05) is 0 Å². The van der Waals surface area contributed by atoms with Crippen LogP contribution in [-0.4, -0.2) is 23.3 Å². The van der Waals surface area contributed by atoms with Crippen LogP contribution in [0.2, 0.25) is 0 Å². The summed E-state index contributed by atoms with van der Waals surface area (Å²) in [6, 6.07) is 6.45. The van der Waals surface area contributed by atoms with Crippen LogP contribution < -0.4 is 5.32 Å². The van der Waals surface area contributed by atoms with Gasteiger partial charge in [0.2, 0.25) is 0 Å². The Morgan fingerprint density at radius 1 is 0.957 bits per heavy atom. The number of hydrogen-bond acceptors (Lipinski definition) is 4. The summed E-state index contributed by atoms with van der Waals surface area (Å²) in [5.74, 6) is -0.516. The van der Waals surface area contributed by atoms with Gasteiger partial charge in [-0.3, -0.25) is 0 Å². The zero-order chi connectivity index (χ0) is 17.8. The van der Waals surface area contributed by atoms with E-state index in [1.54, 1.807) is 47.6 Å². The van der Waals surface area contributed by atoms with Gasteiger partial charge in [0.15, 0.2) is 6.04 Å². The van der Waals surface area contributed by atoms with Gasteiger partial charge >= 0.3 is 12.1 Å². The molecule has 5 nitrogen and oxygen atoms in total. The van der Waals surface area contributed by atoms with E-state index < -0.39 is 29.3 Å². The van der Waals surface area contributed by atoms with Crippen molar-refractivity contribution in [1.82, 2.24) is 5.32 Å². The summed E-state index contributed by atoms with van der Waals surface area (Å²) in [6.45, 7) is 12.5. The molecule has 1 rings (SSSR count). The molecule has 1 aromatic carbocycles. The van der Waals surface area contributed by atoms with Crippen molar-refractivity contribution in [2.24, 2.45) is 0 Å². The van der Waals surface area contributed by atoms with Crippen LogP contribution in [0.25, 0.3) is 0 Å². The van der Waals surface area contributed by atoms with E-state index in [1.807, 2.05) is 25.1 Å². The summed E-state index contributed by atoms with van der Waals surface area (Å²) in [5, 5.41) is 2.62. The lowest BCUT2D eigenvalue weighted by Crippen LogP contribution is -2.40. The summed E-state index contributed by atoms with van der Waals surface area (Å²) in [5.41, 5.74) is 0.286. The first kappa shape index (κ1) is 19.0. The van der Waals surface area contributed by atoms with Crippen LogP contribution in [0, 0.1) is 6.92 Å². The first-order valence-corrected chi connectivity index (χ1v) is 7.67. The summed E-state index contributed by atoms with van der Waals surface area (Å²) < 4.78 is 10.7. The van der Waals surface area contributed by atoms with E-state index in [0.29, 0.717) is 5.56 Å². The van der Waals surface area contributed by atoms with Gasteiger partial charge < -0.3 is 14.8 Å². The SMILES string of the molecule is Cc1ccccc1[C@H](NC(=O)OC(C)(C)C)C(=O)OC(C)(C)C. The molecule has 23 heavy (non-hydrogen) atoms. The van der Waals surface area contributed by atoms with Crippen LogP contribution in [0.3, 0.4) is 0 Å². The standard InChI is InChI=1S/C18H27NO4/c1-12-10-8-9-11-13(12)14(15(20)22-17(2,3)4)19-16(21)23-18(5,6)7/h8-11,14H,1-7H3,(H,19,21)/t14-/m0/s1. The van der Waals surface area contributed by atoms with E-state index in [-0.39, 0.29) is 0 Å². The van der Waals surface area contributed by atoms with Crippen LogP contribution in [0.15, 0.2) is 24.3 Å². The number of carbonyl (C=O) groups excluding carboxylic acids is 2. The maximum Gasteiger partial charge on any atom is 0.408 e. The second-order valence-electron chi connectivity index (χ2n) is 7.47. The molecule has 0 aliphatic heterocycles. The minimum Gasteiger partial charge on any atom is -0.458 e. The normalized spacial score (nSPS) is 13.2. The lowest BCUT2D eigenvalue weighted by Gasteiger charge is -2.27. The van der Waals surface area contributed by atoms with Gasteiger partial charge in [-0.05, 0) is 59.6 Å². The van der Waals surface area contributed by atoms with Crippen molar-refractivity contribution in [3.05, 3.63) is 35.4 Å². The van der Waals surface area contributed by atoms with Gasteiger partial charge in [0.25, 0.3) is 0 Å². The highest BCUT2D eigenvalue weighted by atomic mass is 16.6. The van der Waals surface area contributed by atoms with Crippen molar-refractivity contribution in [2.45, 2.75) is 65.7 Å². The van der Waals surface area contributed by atoms with Crippen molar-refractivity contribution < 1.29 is 19.1 Å². The minimum atomic E-state index is -0.912. The maximum atomic E-state index is 12.5. The average molecular weight is 321 g/mol. The van der Waals surface area contributed by atoms with Crippen molar-refractivity contribution in [3.8, 4) is 0 Å². The Bertz CT molecular complexity index is 567. The highest BCUT2D eigenvalue weighted by molar-refractivity contribution is 5.83. The van der Waals surface area contributed by atoms with Crippen molar-refractivity contribution in [3.63, 3.8) is 0 Å². The van der Waals surface area contributed by atoms with Gasteiger partial charge in [0.05, 0.1) is 0 Å². The number of aryl methyl sites for hydroxylation is 1. The third-order valence-corrected chi connectivity index (χ3v) is 2.80. The molecule has 5 heteroatoms. The average Bonchev–Trinajstić information content (AvgIpc) is 2.32. The van der Waals surface area contributed by atoms with Crippen LogP contribution >= 0.6 is 0 Å². The molecule has 0 aromatic heterocycles. The fourth-order valence-corrected chi connectivity index (χ4v) is 1.96. The number of amides is 1. The predicted octanol–water partition coefficient (Wildman–Crippen LogP) is 3.90. The molecule has 0 spiro atoms. The highest BCUT2D eigenvalue weighted by Crippen LogP contribution is 2.22. The zero-order valence-electron chi connectivity index (χ0n) is 15.0. The summed E-state index contributed by atoms with van der Waals surface area (Å²) >= 11 is 0. The van der Waals surface area contributed by atoms with Crippen LogP contribution in [0.1, 0.15) is 58.7 Å². The van der Waals surface area contributed by atoms with Gasteiger partial charge in [-0.2, -0.15) is 0 Å². The molecule has 128 valence electrons. The van der Waals surface area contributed by atoms with Crippen molar-refractivity contribution in [1.29, 1.82) is 0 Å². The summed E-state index contributed by atoms with van der Waals surface area (Å²) in [7, 11) is 0. The Balaban J connectivity index is 3.05. The van der Waals surface area contributed by atoms with E-state index >= 15 is 0 Å². The number of carbonyl (C=O) groups is 2. The van der Waals surface area contributed by atoms with Crippen LogP contribution in [0.5, 0.6) is 0 Å². The highest BCUT2D eigenvalue weighted by Gasteiger charge is 2.30. The molecule has 1 atom stereocenters. The molecule has 0 saturated heterocycles. The monoisotopic (exact) mass is 321 g/mol. The quantitative estimate of drug-likeness (QED) is 0.858. The molecule has 0 heterocycles. The Morgan fingerprint density at radius 2 is 1.48 bits per heavy atom. The van der Waals surface area contributed by atoms with E-state index in [4.69, 9.17) is 9.47 Å². The smallest absolute Gasteiger partial charge is 0.408 e. The van der Waals surface area contributed by atoms with E-state index in [2.05, 4.69) is 5.32 Å². The second kappa shape index (κ2) is 7.02. The molecule has 0 aliphatic carbocycles. The summed E-state index contributed by atoms with van der Waals surface area (Å²) in [6.07, 6.45) is -0.656. The van der Waals surface area contributed by atoms with E-state index in [9.17, 15) is 9.59 Å². The Morgan fingerprint density at radius 3 is 1.96 bits per heavy atom. The predicted molar refractivity (Wildman–Crippen MR) is 89.1 cm³/mol. The largest absolute Gasteiger partial charge is 0.458 e. The fourth-order valence-electron chi connectivity index (χ4n) is 1.96. The number of rotatable bonds is 3. The molecule has 0 saturated carbocycles. The Kier molecular flexibility index (Phi) is 5.81. The molecular formula is C18H27NO4. The lowest BCUT2D eigenvalue weighted by molar-refractivity contribution is -0.157. The molecule has 0 fully saturated rings. The molecule has 1 N–H and O–H groups in total. The van der Waals surface area contributed by atoms with Crippen molar-refractivity contribution >= 4 is 12.1 Å². The van der Waals surface area contributed by atoms with Gasteiger partial charge in [0.1, 0.15) is 11.2 Å². The molecule has 0 bridgehead atoms. The fraction of sp³-hybridized carbons (Fsp3) is 0.556. The van der Waals surface area contributed by atoms with Gasteiger partial charge in [0, 0.05) is 0 Å². The Hall–Kier alpha value is -2.04. The molecule has 1 aromatic rings. The number of ether oxygens (including phenoxy) is 2. The molecule has 0 aliphatic rings. The Labute approximate surface area is 138 Å². The maximum absolute atomic E-state index is 12.5. The second-order valence-corrected chi connectivity index (χ2v) is 7.47. The minimum absolute atomic E-state index is 0.516. The zero-order valence-corrected chi connectivity index (χ0v) is 15.0. The number of hydrogen-bond donors (Lipinski definition) is 1. The van der Waals surface area contributed by atoms with E-state index in [1.165, 1.54) is 0 Å². The molecular weight excluding hydrogens is 294 g/mol. The van der Waals surface area contributed by atoms with Gasteiger partial charge in [-0.25, -0.2) is 9.59 Å². The van der Waals surface area contributed by atoms with Crippen LogP contribution in [-0.2, 0) is 14.3 Å². The molecule has 1 amide bonds. The topological polar surface area (TPSA) is 64.6 Å². The summed E-state index contributed by atoms with van der Waals surface area (Å²) in [4.78, 5) is 24.6. The van der Waals surface area contributed by atoms with Gasteiger partial charge in [-0.15, -0.1) is 0 Å². The van der Waals surface area contributed by atoms with Gasteiger partial charge in [-0.1, -0.05) is 24.3 Å². The lowest BCUT2D eigenvalue weighted by atomic mass is 10.0. The van der Waals surface area contributed by atoms with E-state index in [0.717, 1.165) is 5.56 Å². The van der Waals surface area contributed by atoms with Crippen LogP contribution in [0.4, 0.5) is 4.79 Å². The number of nitrogens with one attached hydrogen (secondary N) is 1. The third-order valence-electron chi connectivity index (χ3n) is 2.80. The third kappa shape index (κ3) is 6.72. The molecule has 0 unspecified atom stereocenters. The first-order valence-electron chi connectivity index (χ1n) is 7.67. The number of esters is 1. The first-order chi connectivity index (χ1) is 10.4. The number of alkyl carbamates (subject to hydrolysis) is 1. The molecule has 0 radical (unpaired) electrons. The number of benzene rings is 1.